The molecule has 0 radical (unpaired) electrons. The number of esters is 1. The van der Waals surface area contributed by atoms with Crippen LogP contribution in [0.1, 0.15) is 59.3 Å². The second-order valence-corrected chi connectivity index (χ2v) is 7.96. The number of fused-ring (bicyclic) bond motifs is 1. The van der Waals surface area contributed by atoms with Gasteiger partial charge in [-0.2, -0.15) is 0 Å². The molecule has 3 unspecified atom stereocenters. The fourth-order valence-corrected chi connectivity index (χ4v) is 5.38. The van der Waals surface area contributed by atoms with Crippen molar-refractivity contribution >= 4 is 5.97 Å². The first-order chi connectivity index (χ1) is 9.40. The zero-order valence-corrected chi connectivity index (χ0v) is 13.2. The largest absolute Gasteiger partial charge is 0.455 e. The van der Waals surface area contributed by atoms with Crippen molar-refractivity contribution in [2.75, 3.05) is 0 Å². The van der Waals surface area contributed by atoms with Crippen LogP contribution in [0.4, 0.5) is 0 Å². The van der Waals surface area contributed by atoms with Gasteiger partial charge in [0, 0.05) is 5.57 Å². The van der Waals surface area contributed by atoms with E-state index in [1.165, 1.54) is 32.1 Å². The van der Waals surface area contributed by atoms with E-state index in [0.717, 1.165) is 24.2 Å². The summed E-state index contributed by atoms with van der Waals surface area (Å²) in [4.78, 5) is 12.2. The molecule has 2 nitrogen and oxygen atoms in total. The van der Waals surface area contributed by atoms with Gasteiger partial charge in [-0.25, -0.2) is 4.79 Å². The molecule has 0 N–H and O–H groups in total. The maximum absolute atomic E-state index is 12.2. The summed E-state index contributed by atoms with van der Waals surface area (Å²) in [5.41, 5.74) is 0.305. The molecule has 2 heteroatoms. The van der Waals surface area contributed by atoms with Crippen molar-refractivity contribution in [3.05, 3.63) is 12.2 Å². The van der Waals surface area contributed by atoms with Gasteiger partial charge in [-0.1, -0.05) is 20.4 Å². The van der Waals surface area contributed by atoms with E-state index in [1.54, 1.807) is 6.92 Å². The molecule has 0 amide bonds. The van der Waals surface area contributed by atoms with Gasteiger partial charge >= 0.3 is 5.97 Å². The lowest BCUT2D eigenvalue weighted by Crippen LogP contribution is -2.48. The summed E-state index contributed by atoms with van der Waals surface area (Å²) >= 11 is 0. The van der Waals surface area contributed by atoms with E-state index in [9.17, 15) is 4.79 Å². The third kappa shape index (κ3) is 2.21. The van der Waals surface area contributed by atoms with Crippen molar-refractivity contribution in [3.63, 3.8) is 0 Å². The van der Waals surface area contributed by atoms with Gasteiger partial charge in [0.25, 0.3) is 0 Å². The molecule has 4 aliphatic rings. The minimum Gasteiger partial charge on any atom is -0.455 e. The third-order valence-corrected chi connectivity index (χ3v) is 6.14. The van der Waals surface area contributed by atoms with Gasteiger partial charge in [0.2, 0.25) is 0 Å². The molecule has 4 saturated carbocycles. The predicted molar refractivity (Wildman–Crippen MR) is 80.1 cm³/mol. The van der Waals surface area contributed by atoms with E-state index in [1.807, 2.05) is 0 Å². The molecule has 0 heterocycles. The van der Waals surface area contributed by atoms with Crippen molar-refractivity contribution in [1.82, 2.24) is 0 Å². The van der Waals surface area contributed by atoms with Crippen LogP contribution in [-0.4, -0.2) is 11.6 Å². The quantitative estimate of drug-likeness (QED) is 0.566. The molecule has 4 fully saturated rings. The Labute approximate surface area is 123 Å². The van der Waals surface area contributed by atoms with E-state index in [2.05, 4.69) is 20.4 Å². The Hall–Kier alpha value is -0.790. The summed E-state index contributed by atoms with van der Waals surface area (Å²) < 4.78 is 6.13. The summed E-state index contributed by atoms with van der Waals surface area (Å²) in [6.45, 7) is 10.00. The van der Waals surface area contributed by atoms with Crippen LogP contribution in [0.2, 0.25) is 0 Å². The van der Waals surface area contributed by atoms with Crippen LogP contribution < -0.4 is 0 Å². The number of ether oxygens (including phenoxy) is 1. The van der Waals surface area contributed by atoms with Crippen LogP contribution in [0.3, 0.4) is 0 Å². The monoisotopic (exact) mass is 276 g/mol. The second kappa shape index (κ2) is 4.89. The Balaban J connectivity index is 1.93. The van der Waals surface area contributed by atoms with E-state index in [0.29, 0.717) is 17.4 Å². The topological polar surface area (TPSA) is 26.3 Å². The van der Waals surface area contributed by atoms with Gasteiger partial charge in [0.15, 0.2) is 0 Å². The van der Waals surface area contributed by atoms with Crippen LogP contribution >= 0.6 is 0 Å². The van der Waals surface area contributed by atoms with Crippen LogP contribution in [0.25, 0.3) is 0 Å². The Bertz CT molecular complexity index is 411. The lowest BCUT2D eigenvalue weighted by atomic mass is 9.65. The van der Waals surface area contributed by atoms with Crippen LogP contribution in [0, 0.1) is 29.6 Å². The SMILES string of the molecule is C=C(C)C(=O)OC1(C(C)C)CC2CC3CC(C2)CC1C3. The number of rotatable bonds is 3. The molecule has 4 rings (SSSR count). The Morgan fingerprint density at radius 2 is 1.65 bits per heavy atom. The van der Waals surface area contributed by atoms with Crippen molar-refractivity contribution in [2.24, 2.45) is 29.6 Å². The lowest BCUT2D eigenvalue weighted by Gasteiger charge is -2.45. The summed E-state index contributed by atoms with van der Waals surface area (Å²) in [6.07, 6.45) is 7.79. The maximum atomic E-state index is 12.2. The van der Waals surface area contributed by atoms with Crippen LogP contribution in [0.15, 0.2) is 12.2 Å². The molecule has 0 saturated heterocycles. The molecule has 3 atom stereocenters. The highest BCUT2D eigenvalue weighted by molar-refractivity contribution is 5.87. The van der Waals surface area contributed by atoms with Gasteiger partial charge in [-0.05, 0) is 75.0 Å². The smallest absolute Gasteiger partial charge is 0.333 e. The predicted octanol–water partition coefficient (Wildman–Crippen LogP) is 4.35. The van der Waals surface area contributed by atoms with E-state index >= 15 is 0 Å². The van der Waals surface area contributed by atoms with Crippen molar-refractivity contribution in [2.45, 2.75) is 64.9 Å². The Morgan fingerprint density at radius 3 is 2.15 bits per heavy atom. The lowest BCUT2D eigenvalue weighted by molar-refractivity contribution is -0.172. The highest BCUT2D eigenvalue weighted by Gasteiger charge is 2.54. The van der Waals surface area contributed by atoms with Gasteiger partial charge in [-0.15, -0.1) is 0 Å². The Kier molecular flexibility index (Phi) is 3.46. The highest BCUT2D eigenvalue weighted by atomic mass is 16.6. The minimum absolute atomic E-state index is 0.181. The molecule has 0 aromatic heterocycles. The summed E-state index contributed by atoms with van der Waals surface area (Å²) in [5, 5.41) is 0. The fourth-order valence-electron chi connectivity index (χ4n) is 5.38. The summed E-state index contributed by atoms with van der Waals surface area (Å²) in [7, 11) is 0. The van der Waals surface area contributed by atoms with Crippen molar-refractivity contribution in [3.8, 4) is 0 Å². The zero-order valence-electron chi connectivity index (χ0n) is 13.2. The molecule has 0 aromatic rings. The molecule has 20 heavy (non-hydrogen) atoms. The first-order valence-corrected chi connectivity index (χ1v) is 8.29. The molecule has 4 bridgehead atoms. The van der Waals surface area contributed by atoms with E-state index in [4.69, 9.17) is 4.74 Å². The third-order valence-electron chi connectivity index (χ3n) is 6.14. The standard InChI is InChI=1S/C18H28O2/c1-11(2)17(19)20-18(12(3)4)10-15-6-13-5-14(7-15)9-16(18)8-13/h12-16H,1,5-10H2,2-4H3. The zero-order chi connectivity index (χ0) is 14.5. The van der Waals surface area contributed by atoms with Gasteiger partial charge < -0.3 is 4.74 Å². The molecule has 0 aliphatic heterocycles. The molecular formula is C18H28O2. The maximum Gasteiger partial charge on any atom is 0.333 e. The van der Waals surface area contributed by atoms with Crippen LogP contribution in [-0.2, 0) is 9.53 Å². The first-order valence-electron chi connectivity index (χ1n) is 8.29. The van der Waals surface area contributed by atoms with Gasteiger partial charge in [0.1, 0.15) is 5.60 Å². The normalized spacial score (nSPS) is 42.6. The summed E-state index contributed by atoms with van der Waals surface area (Å²) in [5.74, 6) is 3.34. The number of carbonyl (C=O) groups is 1. The number of hydrogen-bond donors (Lipinski definition) is 0. The van der Waals surface area contributed by atoms with E-state index < -0.39 is 0 Å². The summed E-state index contributed by atoms with van der Waals surface area (Å²) in [6, 6.07) is 0. The average Bonchev–Trinajstić information content (AvgIpc) is 2.51. The average molecular weight is 276 g/mol. The molecular weight excluding hydrogens is 248 g/mol. The number of hydrogen-bond acceptors (Lipinski definition) is 2. The van der Waals surface area contributed by atoms with Crippen LogP contribution in [0.5, 0.6) is 0 Å². The molecule has 112 valence electrons. The van der Waals surface area contributed by atoms with Crippen molar-refractivity contribution < 1.29 is 9.53 Å². The molecule has 0 aromatic carbocycles. The van der Waals surface area contributed by atoms with Gasteiger partial charge in [0.05, 0.1) is 0 Å². The van der Waals surface area contributed by atoms with E-state index in [-0.39, 0.29) is 11.6 Å². The van der Waals surface area contributed by atoms with Crippen molar-refractivity contribution in [1.29, 1.82) is 0 Å². The highest BCUT2D eigenvalue weighted by Crippen LogP contribution is 2.57. The fraction of sp³-hybridized carbons (Fsp3) is 0.833. The first kappa shape index (κ1) is 14.2. The van der Waals surface area contributed by atoms with Gasteiger partial charge in [-0.3, -0.25) is 0 Å². The second-order valence-electron chi connectivity index (χ2n) is 7.96. The number of carbonyl (C=O) groups excluding carboxylic acids is 1. The Morgan fingerprint density at radius 1 is 1.10 bits per heavy atom. The molecule has 4 aliphatic carbocycles. The minimum atomic E-state index is -0.232. The molecule has 0 spiro atoms.